The highest BCUT2D eigenvalue weighted by Crippen LogP contribution is 2.23. The summed E-state index contributed by atoms with van der Waals surface area (Å²) < 4.78 is 0. The first-order chi connectivity index (χ1) is 7.61. The Morgan fingerprint density at radius 2 is 1.94 bits per heavy atom. The maximum absolute atomic E-state index is 5.68. The molecule has 0 atom stereocenters. The zero-order chi connectivity index (χ0) is 11.7. The Bertz CT molecular complexity index is 466. The first-order valence-electron chi connectivity index (χ1n) is 4.79. The van der Waals surface area contributed by atoms with Gasteiger partial charge in [0.25, 0.3) is 0 Å². The number of nitrogens with two attached hydrogens (primary N) is 1. The number of hydrazone groups is 1. The second-order valence-corrected chi connectivity index (χ2v) is 3.80. The van der Waals surface area contributed by atoms with Crippen molar-refractivity contribution in [2.45, 2.75) is 6.92 Å². The quantitative estimate of drug-likeness (QED) is 0.593. The van der Waals surface area contributed by atoms with Gasteiger partial charge in [-0.1, -0.05) is 24.8 Å². The maximum atomic E-state index is 5.68. The summed E-state index contributed by atoms with van der Waals surface area (Å²) in [7, 11) is 0. The molecule has 0 fully saturated rings. The van der Waals surface area contributed by atoms with Crippen LogP contribution in [0, 0.1) is 0 Å². The fourth-order valence-corrected chi connectivity index (χ4v) is 1.74. The summed E-state index contributed by atoms with van der Waals surface area (Å²) in [4.78, 5) is 1.80. The Morgan fingerprint density at radius 1 is 1.31 bits per heavy atom. The van der Waals surface area contributed by atoms with E-state index in [0.717, 1.165) is 17.1 Å². The number of nitrogens with zero attached hydrogens (tertiary/aromatic N) is 3. The fraction of sp³-hybridized carbons (Fsp3) is 0.0909. The summed E-state index contributed by atoms with van der Waals surface area (Å²) in [5, 5.41) is 5.67. The van der Waals surface area contributed by atoms with Crippen LogP contribution in [0.25, 0.3) is 0 Å². The zero-order valence-electron chi connectivity index (χ0n) is 8.92. The highest BCUT2D eigenvalue weighted by molar-refractivity contribution is 7.80. The molecule has 2 N–H and O–H groups in total. The minimum Gasteiger partial charge on any atom is -0.284 e. The monoisotopic (exact) mass is 232 g/mol. The van der Waals surface area contributed by atoms with Crippen molar-refractivity contribution in [1.82, 2.24) is 5.12 Å². The van der Waals surface area contributed by atoms with Gasteiger partial charge in [-0.05, 0) is 31.3 Å². The summed E-state index contributed by atoms with van der Waals surface area (Å²) in [6.07, 6.45) is 0. The van der Waals surface area contributed by atoms with Crippen LogP contribution < -0.4 is 10.7 Å². The lowest BCUT2D eigenvalue weighted by molar-refractivity contribution is 0.466. The Hall–Kier alpha value is -1.72. The van der Waals surface area contributed by atoms with Gasteiger partial charge in [-0.25, -0.2) is 5.84 Å². The molecule has 0 spiro atoms. The van der Waals surface area contributed by atoms with Crippen LogP contribution in [-0.2, 0) is 0 Å². The van der Waals surface area contributed by atoms with Crippen molar-refractivity contribution in [3.63, 3.8) is 0 Å². The molecule has 5 heteroatoms. The molecule has 1 aromatic rings. The number of anilines is 1. The molecule has 0 aromatic heterocycles. The van der Waals surface area contributed by atoms with Crippen LogP contribution in [0.3, 0.4) is 0 Å². The van der Waals surface area contributed by atoms with Crippen molar-refractivity contribution in [1.29, 1.82) is 0 Å². The van der Waals surface area contributed by atoms with Crippen LogP contribution >= 0.6 is 12.2 Å². The Morgan fingerprint density at radius 3 is 2.56 bits per heavy atom. The van der Waals surface area contributed by atoms with E-state index in [-0.39, 0.29) is 0 Å². The van der Waals surface area contributed by atoms with E-state index < -0.39 is 0 Å². The van der Waals surface area contributed by atoms with E-state index in [9.17, 15) is 0 Å². The molecule has 4 nitrogen and oxygen atoms in total. The predicted octanol–water partition coefficient (Wildman–Crippen LogP) is 1.86. The molecule has 16 heavy (non-hydrogen) atoms. The van der Waals surface area contributed by atoms with Gasteiger partial charge < -0.3 is 0 Å². The van der Waals surface area contributed by atoms with Gasteiger partial charge in [0.1, 0.15) is 0 Å². The Balaban J connectivity index is 2.45. The molecule has 0 aliphatic carbocycles. The number of hydrazine groups is 1. The molecular weight excluding hydrogens is 220 g/mol. The lowest BCUT2D eigenvalue weighted by Crippen LogP contribution is -2.48. The molecular formula is C11H12N4S. The predicted molar refractivity (Wildman–Crippen MR) is 69.8 cm³/mol. The van der Waals surface area contributed by atoms with Crippen LogP contribution in [0.1, 0.15) is 6.92 Å². The number of para-hydroxylation sites is 1. The van der Waals surface area contributed by atoms with Crippen molar-refractivity contribution in [2.75, 3.05) is 4.90 Å². The lowest BCUT2D eigenvalue weighted by atomic mass is 10.2. The average molecular weight is 232 g/mol. The van der Waals surface area contributed by atoms with Crippen LogP contribution in [0.5, 0.6) is 0 Å². The van der Waals surface area contributed by atoms with Gasteiger partial charge >= 0.3 is 0 Å². The number of benzene rings is 1. The van der Waals surface area contributed by atoms with E-state index in [0.29, 0.717) is 5.11 Å². The van der Waals surface area contributed by atoms with E-state index >= 15 is 0 Å². The smallest absolute Gasteiger partial charge is 0.217 e. The van der Waals surface area contributed by atoms with Crippen LogP contribution in [0.15, 0.2) is 47.7 Å². The Kier molecular flexibility index (Phi) is 2.72. The molecule has 1 aliphatic heterocycles. The SMILES string of the molecule is C=C1C(C)=NN(N)C(=S)N1c1ccccc1. The number of rotatable bonds is 1. The van der Waals surface area contributed by atoms with E-state index in [1.54, 1.807) is 4.90 Å². The van der Waals surface area contributed by atoms with E-state index in [1.807, 2.05) is 37.3 Å². The second kappa shape index (κ2) is 4.03. The topological polar surface area (TPSA) is 44.9 Å². The molecule has 2 rings (SSSR count). The highest BCUT2D eigenvalue weighted by atomic mass is 32.1. The minimum atomic E-state index is 0.418. The largest absolute Gasteiger partial charge is 0.284 e. The van der Waals surface area contributed by atoms with Gasteiger partial charge in [-0.2, -0.15) is 10.2 Å². The van der Waals surface area contributed by atoms with Crippen LogP contribution in [-0.4, -0.2) is 15.9 Å². The zero-order valence-corrected chi connectivity index (χ0v) is 9.74. The molecule has 0 bridgehead atoms. The molecule has 82 valence electrons. The number of allylic oxidation sites excluding steroid dienone is 1. The standard InChI is InChI=1S/C11H12N4S/c1-8-9(2)14(11(16)15(12)13-8)10-6-4-3-5-7-10/h3-7H,2,12H2,1H3. The van der Waals surface area contributed by atoms with Gasteiger partial charge in [0.2, 0.25) is 5.11 Å². The van der Waals surface area contributed by atoms with E-state index in [2.05, 4.69) is 11.7 Å². The van der Waals surface area contributed by atoms with Gasteiger partial charge in [-0.3, -0.25) is 4.90 Å². The van der Waals surface area contributed by atoms with E-state index in [1.165, 1.54) is 5.12 Å². The molecule has 0 radical (unpaired) electrons. The van der Waals surface area contributed by atoms with Gasteiger partial charge in [0.05, 0.1) is 11.4 Å². The summed E-state index contributed by atoms with van der Waals surface area (Å²) in [6.45, 7) is 5.81. The van der Waals surface area contributed by atoms with Crippen LogP contribution in [0.4, 0.5) is 5.69 Å². The van der Waals surface area contributed by atoms with Crippen molar-refractivity contribution < 1.29 is 0 Å². The van der Waals surface area contributed by atoms with Crippen molar-refractivity contribution in [2.24, 2.45) is 10.9 Å². The third kappa shape index (κ3) is 1.70. The van der Waals surface area contributed by atoms with Crippen molar-refractivity contribution in [3.8, 4) is 0 Å². The van der Waals surface area contributed by atoms with Gasteiger partial charge in [0, 0.05) is 5.69 Å². The van der Waals surface area contributed by atoms with Gasteiger partial charge in [0.15, 0.2) is 0 Å². The molecule has 0 unspecified atom stereocenters. The van der Waals surface area contributed by atoms with Crippen molar-refractivity contribution in [3.05, 3.63) is 42.6 Å². The fourth-order valence-electron chi connectivity index (χ4n) is 1.49. The third-order valence-electron chi connectivity index (χ3n) is 2.35. The minimum absolute atomic E-state index is 0.418. The third-order valence-corrected chi connectivity index (χ3v) is 2.72. The van der Waals surface area contributed by atoms with Crippen LogP contribution in [0.2, 0.25) is 0 Å². The first-order valence-corrected chi connectivity index (χ1v) is 5.20. The molecule has 1 aliphatic rings. The van der Waals surface area contributed by atoms with Gasteiger partial charge in [-0.15, -0.1) is 0 Å². The number of hydrogen-bond donors (Lipinski definition) is 1. The molecule has 0 saturated carbocycles. The normalized spacial score (nSPS) is 16.5. The van der Waals surface area contributed by atoms with Crippen molar-refractivity contribution >= 4 is 28.7 Å². The summed E-state index contributed by atoms with van der Waals surface area (Å²) in [5.41, 5.74) is 2.43. The molecule has 1 aromatic carbocycles. The molecule has 0 amide bonds. The molecule has 0 saturated heterocycles. The molecule has 1 heterocycles. The number of hydrogen-bond acceptors (Lipinski definition) is 3. The first kappa shape index (κ1) is 10.8. The Labute approximate surface area is 99.6 Å². The summed E-state index contributed by atoms with van der Waals surface area (Å²) >= 11 is 5.22. The highest BCUT2D eigenvalue weighted by Gasteiger charge is 2.25. The lowest BCUT2D eigenvalue weighted by Gasteiger charge is -2.33. The second-order valence-electron chi connectivity index (χ2n) is 3.43. The summed E-state index contributed by atoms with van der Waals surface area (Å²) in [6, 6.07) is 9.72. The maximum Gasteiger partial charge on any atom is 0.217 e. The number of thiocarbonyl (C=S) groups is 1. The average Bonchev–Trinajstić information content (AvgIpc) is 2.28. The van der Waals surface area contributed by atoms with E-state index in [4.69, 9.17) is 18.1 Å². The summed E-state index contributed by atoms with van der Waals surface area (Å²) in [5.74, 6) is 5.68.